The molecular weight excluding hydrogens is 280 g/mol. The number of nitrogens with two attached hydrogens (primary N) is 1. The summed E-state index contributed by atoms with van der Waals surface area (Å²) >= 11 is 6.40. The summed E-state index contributed by atoms with van der Waals surface area (Å²) < 4.78 is 0. The van der Waals surface area contributed by atoms with Crippen molar-refractivity contribution in [2.75, 3.05) is 11.1 Å². The van der Waals surface area contributed by atoms with Crippen LogP contribution in [0.25, 0.3) is 11.1 Å². The molecule has 104 valence electrons. The van der Waals surface area contributed by atoms with Crippen LogP contribution in [-0.4, -0.2) is 0 Å². The third-order valence-electron chi connectivity index (χ3n) is 3.25. The van der Waals surface area contributed by atoms with Gasteiger partial charge in [-0.25, -0.2) is 0 Å². The first-order valence-electron chi connectivity index (χ1n) is 6.70. The Bertz CT molecular complexity index is 737. The largest absolute Gasteiger partial charge is 0.399 e. The zero-order chi connectivity index (χ0) is 14.7. The van der Waals surface area contributed by atoms with Gasteiger partial charge in [0, 0.05) is 22.6 Å². The van der Waals surface area contributed by atoms with Crippen LogP contribution in [0.3, 0.4) is 0 Å². The van der Waals surface area contributed by atoms with Crippen molar-refractivity contribution in [2.24, 2.45) is 0 Å². The summed E-state index contributed by atoms with van der Waals surface area (Å²) in [6, 6.07) is 23.7. The van der Waals surface area contributed by atoms with E-state index in [9.17, 15) is 0 Å². The molecule has 0 atom stereocenters. The van der Waals surface area contributed by atoms with E-state index in [1.807, 2.05) is 72.8 Å². The van der Waals surface area contributed by atoms with Crippen molar-refractivity contribution in [1.82, 2.24) is 0 Å². The van der Waals surface area contributed by atoms with Gasteiger partial charge in [-0.2, -0.15) is 0 Å². The van der Waals surface area contributed by atoms with Crippen LogP contribution in [0.2, 0.25) is 5.02 Å². The quantitative estimate of drug-likeness (QED) is 0.640. The number of halogens is 1. The minimum absolute atomic E-state index is 0.709. The van der Waals surface area contributed by atoms with E-state index in [2.05, 4.69) is 5.32 Å². The number of para-hydroxylation sites is 1. The van der Waals surface area contributed by atoms with Gasteiger partial charge in [-0.15, -0.1) is 0 Å². The fourth-order valence-corrected chi connectivity index (χ4v) is 2.47. The first-order chi connectivity index (χ1) is 10.2. The summed E-state index contributed by atoms with van der Waals surface area (Å²) in [4.78, 5) is 0. The van der Waals surface area contributed by atoms with Crippen LogP contribution in [0, 0.1) is 0 Å². The molecule has 0 bridgehead atoms. The number of hydrogen-bond donors (Lipinski definition) is 2. The lowest BCUT2D eigenvalue weighted by Crippen LogP contribution is -1.90. The summed E-state index contributed by atoms with van der Waals surface area (Å²) in [5, 5.41) is 4.04. The van der Waals surface area contributed by atoms with Gasteiger partial charge in [-0.05, 0) is 42.0 Å². The molecule has 0 aromatic heterocycles. The van der Waals surface area contributed by atoms with E-state index < -0.39 is 0 Å². The van der Waals surface area contributed by atoms with Gasteiger partial charge in [0.05, 0.1) is 5.02 Å². The summed E-state index contributed by atoms with van der Waals surface area (Å²) in [6.45, 7) is 0. The van der Waals surface area contributed by atoms with E-state index >= 15 is 0 Å². The van der Waals surface area contributed by atoms with Gasteiger partial charge in [-0.3, -0.25) is 0 Å². The predicted molar refractivity (Wildman–Crippen MR) is 91.0 cm³/mol. The minimum Gasteiger partial charge on any atom is -0.399 e. The zero-order valence-corrected chi connectivity index (χ0v) is 12.1. The summed E-state index contributed by atoms with van der Waals surface area (Å²) in [7, 11) is 0. The van der Waals surface area contributed by atoms with Crippen molar-refractivity contribution in [3.8, 4) is 11.1 Å². The lowest BCUT2D eigenvalue weighted by Gasteiger charge is -2.10. The first kappa shape index (κ1) is 13.5. The Labute approximate surface area is 129 Å². The molecule has 0 aliphatic carbocycles. The standard InChI is InChI=1S/C18H15ClN2/c19-18-12-16(21-15-4-2-1-3-5-15)10-11-17(18)13-6-8-14(20)9-7-13/h1-12,21H,20H2. The summed E-state index contributed by atoms with van der Waals surface area (Å²) in [6.07, 6.45) is 0. The molecule has 0 unspecified atom stereocenters. The Morgan fingerprint density at radius 1 is 0.762 bits per heavy atom. The SMILES string of the molecule is Nc1ccc(-c2ccc(Nc3ccccc3)cc2Cl)cc1. The molecule has 0 spiro atoms. The van der Waals surface area contributed by atoms with Crippen LogP contribution in [-0.2, 0) is 0 Å². The lowest BCUT2D eigenvalue weighted by atomic mass is 10.0. The molecule has 0 aliphatic rings. The van der Waals surface area contributed by atoms with E-state index in [0.29, 0.717) is 5.02 Å². The Hall–Kier alpha value is -2.45. The molecule has 3 rings (SSSR count). The Morgan fingerprint density at radius 2 is 1.48 bits per heavy atom. The highest BCUT2D eigenvalue weighted by Gasteiger charge is 2.05. The van der Waals surface area contributed by atoms with E-state index in [1.54, 1.807) is 0 Å². The smallest absolute Gasteiger partial charge is 0.0505 e. The molecule has 3 aromatic rings. The molecular formula is C18H15ClN2. The maximum absolute atomic E-state index is 6.40. The Kier molecular flexibility index (Phi) is 3.80. The van der Waals surface area contributed by atoms with Crippen LogP contribution in [0.15, 0.2) is 72.8 Å². The summed E-state index contributed by atoms with van der Waals surface area (Å²) in [5.41, 5.74) is 10.5. The fraction of sp³-hybridized carbons (Fsp3) is 0. The molecule has 0 fully saturated rings. The first-order valence-corrected chi connectivity index (χ1v) is 7.08. The second kappa shape index (κ2) is 5.90. The highest BCUT2D eigenvalue weighted by Crippen LogP contribution is 2.31. The second-order valence-corrected chi connectivity index (χ2v) is 5.21. The number of nitrogens with one attached hydrogen (secondary N) is 1. The van der Waals surface area contributed by atoms with E-state index in [1.165, 1.54) is 0 Å². The van der Waals surface area contributed by atoms with Gasteiger partial charge >= 0.3 is 0 Å². The number of hydrogen-bond acceptors (Lipinski definition) is 2. The average molecular weight is 295 g/mol. The number of rotatable bonds is 3. The molecule has 0 aliphatic heterocycles. The van der Waals surface area contributed by atoms with Crippen LogP contribution in [0.5, 0.6) is 0 Å². The molecule has 0 radical (unpaired) electrons. The molecule has 21 heavy (non-hydrogen) atoms. The van der Waals surface area contributed by atoms with Crippen molar-refractivity contribution in [2.45, 2.75) is 0 Å². The number of benzene rings is 3. The zero-order valence-electron chi connectivity index (χ0n) is 11.4. The van der Waals surface area contributed by atoms with Crippen molar-refractivity contribution >= 4 is 28.7 Å². The van der Waals surface area contributed by atoms with Crippen molar-refractivity contribution in [1.29, 1.82) is 0 Å². The highest BCUT2D eigenvalue weighted by atomic mass is 35.5. The van der Waals surface area contributed by atoms with Crippen molar-refractivity contribution < 1.29 is 0 Å². The van der Waals surface area contributed by atoms with E-state index in [-0.39, 0.29) is 0 Å². The van der Waals surface area contributed by atoms with Crippen molar-refractivity contribution in [3.05, 3.63) is 77.8 Å². The fourth-order valence-electron chi connectivity index (χ4n) is 2.18. The Balaban J connectivity index is 1.88. The van der Waals surface area contributed by atoms with Crippen molar-refractivity contribution in [3.63, 3.8) is 0 Å². The highest BCUT2D eigenvalue weighted by molar-refractivity contribution is 6.33. The molecule has 3 heteroatoms. The number of anilines is 3. The van der Waals surface area contributed by atoms with Crippen LogP contribution in [0.4, 0.5) is 17.1 Å². The maximum atomic E-state index is 6.40. The molecule has 3 N–H and O–H groups in total. The minimum atomic E-state index is 0.709. The topological polar surface area (TPSA) is 38.0 Å². The van der Waals surface area contributed by atoms with Gasteiger partial charge in [0.15, 0.2) is 0 Å². The van der Waals surface area contributed by atoms with Gasteiger partial charge in [0.25, 0.3) is 0 Å². The maximum Gasteiger partial charge on any atom is 0.0505 e. The Morgan fingerprint density at radius 3 is 2.14 bits per heavy atom. The second-order valence-electron chi connectivity index (χ2n) is 4.81. The average Bonchev–Trinajstić information content (AvgIpc) is 2.50. The van der Waals surface area contributed by atoms with Crippen LogP contribution in [0.1, 0.15) is 0 Å². The predicted octanol–water partition coefficient (Wildman–Crippen LogP) is 5.33. The third-order valence-corrected chi connectivity index (χ3v) is 3.57. The van der Waals surface area contributed by atoms with E-state index in [0.717, 1.165) is 28.2 Å². The van der Waals surface area contributed by atoms with Crippen LogP contribution >= 0.6 is 11.6 Å². The molecule has 0 saturated carbocycles. The molecule has 0 saturated heterocycles. The van der Waals surface area contributed by atoms with Gasteiger partial charge < -0.3 is 11.1 Å². The monoisotopic (exact) mass is 294 g/mol. The normalized spacial score (nSPS) is 10.3. The molecule has 2 nitrogen and oxygen atoms in total. The van der Waals surface area contributed by atoms with Gasteiger partial charge in [0.1, 0.15) is 0 Å². The van der Waals surface area contributed by atoms with E-state index in [4.69, 9.17) is 17.3 Å². The van der Waals surface area contributed by atoms with Gasteiger partial charge in [0.2, 0.25) is 0 Å². The molecule has 0 heterocycles. The lowest BCUT2D eigenvalue weighted by molar-refractivity contribution is 1.54. The number of nitrogen functional groups attached to an aromatic ring is 1. The summed E-state index contributed by atoms with van der Waals surface area (Å²) in [5.74, 6) is 0. The third kappa shape index (κ3) is 3.18. The van der Waals surface area contributed by atoms with Gasteiger partial charge in [-0.1, -0.05) is 48.0 Å². The molecule has 0 amide bonds. The molecule has 3 aromatic carbocycles. The van der Waals surface area contributed by atoms with Crippen LogP contribution < -0.4 is 11.1 Å².